The molecule has 2 aromatic carbocycles. The highest BCUT2D eigenvalue weighted by molar-refractivity contribution is 6.31. The maximum absolute atomic E-state index is 12.5. The lowest BCUT2D eigenvalue weighted by molar-refractivity contribution is -0.115. The molecule has 1 aromatic heterocycles. The van der Waals surface area contributed by atoms with Crippen molar-refractivity contribution < 1.29 is 14.0 Å². The number of hydrogen-bond acceptors (Lipinski definition) is 3. The average Bonchev–Trinajstić information content (AvgIpc) is 3.14. The van der Waals surface area contributed by atoms with Crippen LogP contribution in [0.2, 0.25) is 5.02 Å². The first-order valence-corrected chi connectivity index (χ1v) is 8.91. The molecule has 27 heavy (non-hydrogen) atoms. The standard InChI is InChI=1S/C21H19ClN2O3/c1-3-20(25)23-15-5-4-6-16(12-15)24-21(26)19-10-9-18(27-19)14-8-7-13(2)17(22)11-14/h4-12H,3H2,1-2H3,(H,23,25)(H,24,26). The van der Waals surface area contributed by atoms with Gasteiger partial charge in [0.15, 0.2) is 5.76 Å². The number of benzene rings is 2. The van der Waals surface area contributed by atoms with Crippen LogP contribution in [0.25, 0.3) is 11.3 Å². The molecule has 0 spiro atoms. The zero-order valence-electron chi connectivity index (χ0n) is 15.0. The monoisotopic (exact) mass is 382 g/mol. The predicted molar refractivity (Wildman–Crippen MR) is 107 cm³/mol. The SMILES string of the molecule is CCC(=O)Nc1cccc(NC(=O)c2ccc(-c3ccc(C)c(Cl)c3)o2)c1. The molecule has 1 heterocycles. The predicted octanol–water partition coefficient (Wildman–Crippen LogP) is 5.51. The van der Waals surface area contributed by atoms with Gasteiger partial charge in [0.25, 0.3) is 5.91 Å². The molecule has 0 fully saturated rings. The van der Waals surface area contributed by atoms with Crippen LogP contribution in [0.5, 0.6) is 0 Å². The minimum absolute atomic E-state index is 0.0917. The van der Waals surface area contributed by atoms with Crippen LogP contribution in [0.3, 0.4) is 0 Å². The van der Waals surface area contributed by atoms with Crippen molar-refractivity contribution in [2.45, 2.75) is 20.3 Å². The Morgan fingerprint density at radius 3 is 2.44 bits per heavy atom. The summed E-state index contributed by atoms with van der Waals surface area (Å²) in [6, 6.07) is 15.9. The quantitative estimate of drug-likeness (QED) is 0.611. The zero-order chi connectivity index (χ0) is 19.4. The summed E-state index contributed by atoms with van der Waals surface area (Å²) < 4.78 is 5.67. The molecular weight excluding hydrogens is 364 g/mol. The minimum atomic E-state index is -0.376. The maximum Gasteiger partial charge on any atom is 0.291 e. The molecule has 0 aliphatic heterocycles. The van der Waals surface area contributed by atoms with Crippen LogP contribution in [0.1, 0.15) is 29.5 Å². The zero-order valence-corrected chi connectivity index (χ0v) is 15.8. The van der Waals surface area contributed by atoms with Crippen molar-refractivity contribution in [2.75, 3.05) is 10.6 Å². The summed E-state index contributed by atoms with van der Waals surface area (Å²) >= 11 is 6.15. The molecule has 3 rings (SSSR count). The third-order valence-corrected chi connectivity index (χ3v) is 4.42. The summed E-state index contributed by atoms with van der Waals surface area (Å²) in [5.74, 6) is 0.278. The first kappa shape index (κ1) is 18.7. The number of nitrogens with one attached hydrogen (secondary N) is 2. The maximum atomic E-state index is 12.5. The Balaban J connectivity index is 1.74. The number of amides is 2. The molecule has 0 saturated carbocycles. The van der Waals surface area contributed by atoms with E-state index in [0.717, 1.165) is 11.1 Å². The van der Waals surface area contributed by atoms with Crippen LogP contribution in [-0.4, -0.2) is 11.8 Å². The number of carbonyl (C=O) groups excluding carboxylic acids is 2. The van der Waals surface area contributed by atoms with Crippen LogP contribution in [-0.2, 0) is 4.79 Å². The third-order valence-electron chi connectivity index (χ3n) is 4.01. The lowest BCUT2D eigenvalue weighted by Gasteiger charge is -2.07. The Kier molecular flexibility index (Phi) is 5.62. The van der Waals surface area contributed by atoms with Crippen molar-refractivity contribution in [1.29, 1.82) is 0 Å². The van der Waals surface area contributed by atoms with Gasteiger partial charge in [0, 0.05) is 28.4 Å². The van der Waals surface area contributed by atoms with Crippen molar-refractivity contribution in [3.05, 3.63) is 70.9 Å². The molecule has 0 bridgehead atoms. The second kappa shape index (κ2) is 8.10. The third kappa shape index (κ3) is 4.57. The van der Waals surface area contributed by atoms with Gasteiger partial charge in [0.2, 0.25) is 5.91 Å². The van der Waals surface area contributed by atoms with Crippen LogP contribution in [0, 0.1) is 6.92 Å². The number of furan rings is 1. The molecule has 2 amide bonds. The van der Waals surface area contributed by atoms with Gasteiger partial charge >= 0.3 is 0 Å². The van der Waals surface area contributed by atoms with Crippen LogP contribution in [0.4, 0.5) is 11.4 Å². The van der Waals surface area contributed by atoms with E-state index in [9.17, 15) is 9.59 Å². The summed E-state index contributed by atoms with van der Waals surface area (Å²) in [6.45, 7) is 3.70. The van der Waals surface area contributed by atoms with Gasteiger partial charge in [0.05, 0.1) is 0 Å². The van der Waals surface area contributed by atoms with Gasteiger partial charge in [-0.05, 0) is 48.9 Å². The molecule has 3 aromatic rings. The van der Waals surface area contributed by atoms with Crippen molar-refractivity contribution in [1.82, 2.24) is 0 Å². The molecule has 0 aliphatic carbocycles. The molecule has 0 radical (unpaired) electrons. The van der Waals surface area contributed by atoms with E-state index in [1.54, 1.807) is 49.4 Å². The van der Waals surface area contributed by atoms with E-state index in [1.807, 2.05) is 19.1 Å². The van der Waals surface area contributed by atoms with Crippen molar-refractivity contribution >= 4 is 34.8 Å². The van der Waals surface area contributed by atoms with E-state index >= 15 is 0 Å². The lowest BCUT2D eigenvalue weighted by Crippen LogP contribution is -2.12. The molecular formula is C21H19ClN2O3. The molecule has 0 aliphatic rings. The summed E-state index contributed by atoms with van der Waals surface area (Å²) in [4.78, 5) is 23.9. The molecule has 6 heteroatoms. The Morgan fingerprint density at radius 1 is 1.00 bits per heavy atom. The van der Waals surface area contributed by atoms with Gasteiger partial charge in [-0.25, -0.2) is 0 Å². The average molecular weight is 383 g/mol. The molecule has 0 atom stereocenters. The highest BCUT2D eigenvalue weighted by Gasteiger charge is 2.13. The van der Waals surface area contributed by atoms with Crippen molar-refractivity contribution in [2.24, 2.45) is 0 Å². The van der Waals surface area contributed by atoms with E-state index in [0.29, 0.717) is 28.6 Å². The highest BCUT2D eigenvalue weighted by Crippen LogP contribution is 2.27. The fraction of sp³-hybridized carbons (Fsp3) is 0.143. The normalized spacial score (nSPS) is 10.5. The second-order valence-electron chi connectivity index (χ2n) is 6.06. The topological polar surface area (TPSA) is 71.3 Å². The number of anilines is 2. The van der Waals surface area contributed by atoms with E-state index < -0.39 is 0 Å². The molecule has 138 valence electrons. The summed E-state index contributed by atoms with van der Waals surface area (Å²) in [5.41, 5.74) is 2.95. The molecule has 0 saturated heterocycles. The van der Waals surface area contributed by atoms with Gasteiger partial charge in [-0.2, -0.15) is 0 Å². The fourth-order valence-electron chi connectivity index (χ4n) is 2.48. The Labute approximate surface area is 162 Å². The van der Waals surface area contributed by atoms with Gasteiger partial charge < -0.3 is 15.1 Å². The summed E-state index contributed by atoms with van der Waals surface area (Å²) in [7, 11) is 0. The Hall–Kier alpha value is -3.05. The van der Waals surface area contributed by atoms with Gasteiger partial charge in [-0.15, -0.1) is 0 Å². The molecule has 0 unspecified atom stereocenters. The number of hydrogen-bond donors (Lipinski definition) is 2. The lowest BCUT2D eigenvalue weighted by atomic mass is 10.1. The van der Waals surface area contributed by atoms with Crippen LogP contribution < -0.4 is 10.6 Å². The van der Waals surface area contributed by atoms with Crippen LogP contribution in [0.15, 0.2) is 59.0 Å². The molecule has 5 nitrogen and oxygen atoms in total. The summed E-state index contributed by atoms with van der Waals surface area (Å²) in [5, 5.41) is 6.16. The van der Waals surface area contributed by atoms with Gasteiger partial charge in [0.1, 0.15) is 5.76 Å². The number of rotatable bonds is 5. The first-order chi connectivity index (χ1) is 13.0. The summed E-state index contributed by atoms with van der Waals surface area (Å²) in [6.07, 6.45) is 0.384. The molecule has 2 N–H and O–H groups in total. The smallest absolute Gasteiger partial charge is 0.291 e. The van der Waals surface area contributed by atoms with Crippen LogP contribution >= 0.6 is 11.6 Å². The minimum Gasteiger partial charge on any atom is -0.451 e. The Morgan fingerprint density at radius 2 is 1.74 bits per heavy atom. The fourth-order valence-corrected chi connectivity index (χ4v) is 2.66. The van der Waals surface area contributed by atoms with E-state index in [2.05, 4.69) is 10.6 Å². The van der Waals surface area contributed by atoms with Crippen molar-refractivity contribution in [3.8, 4) is 11.3 Å². The largest absolute Gasteiger partial charge is 0.451 e. The Bertz CT molecular complexity index is 995. The van der Waals surface area contributed by atoms with E-state index in [-0.39, 0.29) is 17.6 Å². The van der Waals surface area contributed by atoms with Gasteiger partial charge in [-0.1, -0.05) is 36.7 Å². The van der Waals surface area contributed by atoms with E-state index in [1.165, 1.54) is 0 Å². The number of carbonyl (C=O) groups is 2. The van der Waals surface area contributed by atoms with Gasteiger partial charge in [-0.3, -0.25) is 9.59 Å². The second-order valence-corrected chi connectivity index (χ2v) is 6.47. The van der Waals surface area contributed by atoms with E-state index in [4.69, 9.17) is 16.0 Å². The van der Waals surface area contributed by atoms with Crippen molar-refractivity contribution in [3.63, 3.8) is 0 Å². The number of halogens is 1. The highest BCUT2D eigenvalue weighted by atomic mass is 35.5. The number of aryl methyl sites for hydroxylation is 1. The first-order valence-electron chi connectivity index (χ1n) is 8.54.